The second kappa shape index (κ2) is 7.91. The summed E-state index contributed by atoms with van der Waals surface area (Å²) >= 11 is 0. The van der Waals surface area contributed by atoms with Crippen LogP contribution < -0.4 is 10.4 Å². The Kier molecular flexibility index (Phi) is 5.64. The lowest BCUT2D eigenvalue weighted by Crippen LogP contribution is -2.62. The standard InChI is InChI=1S/C26H34O6/c1-16(27)31-22-11-12-25(4)20(24(22,2)3)10-13-26(5,29)21(25)15-30-18-8-6-17-7-9-23(28)32-19(17)14-18/h6-9,14,20-22,29H,10-13,15H2,1-5H3/t20-,21-,22+,25+,26-/m1/s1. The maximum Gasteiger partial charge on any atom is 0.336 e. The fourth-order valence-corrected chi connectivity index (χ4v) is 6.59. The van der Waals surface area contributed by atoms with Crippen LogP contribution in [0.15, 0.2) is 39.5 Å². The zero-order chi connectivity index (χ0) is 23.3. The highest BCUT2D eigenvalue weighted by molar-refractivity contribution is 5.77. The highest BCUT2D eigenvalue weighted by Gasteiger charge is 2.61. The minimum Gasteiger partial charge on any atom is -0.493 e. The third-order valence-corrected chi connectivity index (χ3v) is 8.27. The summed E-state index contributed by atoms with van der Waals surface area (Å²) in [5, 5.41) is 12.2. The van der Waals surface area contributed by atoms with E-state index in [0.29, 0.717) is 24.4 Å². The smallest absolute Gasteiger partial charge is 0.336 e. The molecule has 2 aliphatic rings. The molecular weight excluding hydrogens is 408 g/mol. The van der Waals surface area contributed by atoms with E-state index in [4.69, 9.17) is 13.9 Å². The molecule has 1 aromatic carbocycles. The van der Waals surface area contributed by atoms with Crippen molar-refractivity contribution in [3.8, 4) is 5.75 Å². The summed E-state index contributed by atoms with van der Waals surface area (Å²) in [6, 6.07) is 8.59. The second-order valence-electron chi connectivity index (χ2n) is 10.7. The summed E-state index contributed by atoms with van der Waals surface area (Å²) in [6.45, 7) is 10.4. The van der Waals surface area contributed by atoms with Gasteiger partial charge in [-0.1, -0.05) is 20.8 Å². The average molecular weight is 443 g/mol. The lowest BCUT2D eigenvalue weighted by atomic mass is 9.45. The van der Waals surface area contributed by atoms with E-state index < -0.39 is 11.2 Å². The molecule has 6 nitrogen and oxygen atoms in total. The average Bonchev–Trinajstić information content (AvgIpc) is 2.68. The quantitative estimate of drug-likeness (QED) is 0.545. The monoisotopic (exact) mass is 442 g/mol. The first-order valence-electron chi connectivity index (χ1n) is 11.5. The zero-order valence-corrected chi connectivity index (χ0v) is 19.6. The molecule has 0 aliphatic heterocycles. The van der Waals surface area contributed by atoms with E-state index in [9.17, 15) is 14.7 Å². The van der Waals surface area contributed by atoms with Gasteiger partial charge in [0.15, 0.2) is 0 Å². The predicted octanol–water partition coefficient (Wildman–Crippen LogP) is 4.71. The zero-order valence-electron chi connectivity index (χ0n) is 19.6. The van der Waals surface area contributed by atoms with Crippen LogP contribution in [-0.4, -0.2) is 29.4 Å². The highest BCUT2D eigenvalue weighted by Crippen LogP contribution is 2.62. The Labute approximate surface area is 188 Å². The van der Waals surface area contributed by atoms with Gasteiger partial charge in [-0.3, -0.25) is 4.79 Å². The number of esters is 1. The van der Waals surface area contributed by atoms with Gasteiger partial charge in [-0.15, -0.1) is 0 Å². The Hall–Kier alpha value is -2.34. The summed E-state index contributed by atoms with van der Waals surface area (Å²) in [7, 11) is 0. The summed E-state index contributed by atoms with van der Waals surface area (Å²) in [4.78, 5) is 23.2. The number of carbonyl (C=O) groups is 1. The van der Waals surface area contributed by atoms with Gasteiger partial charge in [-0.05, 0) is 62.1 Å². The van der Waals surface area contributed by atoms with Crippen LogP contribution in [0, 0.1) is 22.7 Å². The van der Waals surface area contributed by atoms with Gasteiger partial charge in [0.05, 0.1) is 12.2 Å². The molecule has 0 saturated heterocycles. The number of hydrogen-bond acceptors (Lipinski definition) is 6. The van der Waals surface area contributed by atoms with Crippen LogP contribution in [0.2, 0.25) is 0 Å². The first kappa shape index (κ1) is 22.8. The molecule has 0 spiro atoms. The molecule has 174 valence electrons. The van der Waals surface area contributed by atoms with Crippen LogP contribution in [0.1, 0.15) is 60.3 Å². The van der Waals surface area contributed by atoms with Crippen LogP contribution in [0.5, 0.6) is 5.75 Å². The largest absolute Gasteiger partial charge is 0.493 e. The molecule has 2 saturated carbocycles. The van der Waals surface area contributed by atoms with E-state index in [1.54, 1.807) is 12.1 Å². The molecule has 1 N–H and O–H groups in total. The highest BCUT2D eigenvalue weighted by atomic mass is 16.5. The fraction of sp³-hybridized carbons (Fsp3) is 0.615. The SMILES string of the molecule is CC(=O)O[C@H]1CC[C@@]2(C)[C@H](CC[C@@](C)(O)[C@@H]2COc2ccc3ccc(=O)oc3c2)C1(C)C. The number of ether oxygens (including phenoxy) is 2. The summed E-state index contributed by atoms with van der Waals surface area (Å²) < 4.78 is 17.2. The van der Waals surface area contributed by atoms with E-state index >= 15 is 0 Å². The number of carbonyl (C=O) groups excluding carboxylic acids is 1. The van der Waals surface area contributed by atoms with Crippen molar-refractivity contribution in [2.45, 2.75) is 72.0 Å². The molecule has 6 heteroatoms. The number of fused-ring (bicyclic) bond motifs is 2. The predicted molar refractivity (Wildman–Crippen MR) is 121 cm³/mol. The molecular formula is C26H34O6. The maximum atomic E-state index is 11.7. The molecule has 2 aliphatic carbocycles. The van der Waals surface area contributed by atoms with Crippen molar-refractivity contribution in [3.05, 3.63) is 40.8 Å². The van der Waals surface area contributed by atoms with E-state index in [1.165, 1.54) is 13.0 Å². The normalized spacial score (nSPS) is 34.0. The Morgan fingerprint density at radius 1 is 1.12 bits per heavy atom. The van der Waals surface area contributed by atoms with Crippen molar-refractivity contribution < 1.29 is 23.8 Å². The van der Waals surface area contributed by atoms with Gasteiger partial charge in [-0.2, -0.15) is 0 Å². The number of rotatable bonds is 4. The van der Waals surface area contributed by atoms with Gasteiger partial charge >= 0.3 is 11.6 Å². The summed E-state index contributed by atoms with van der Waals surface area (Å²) in [5.41, 5.74) is -1.13. The lowest BCUT2D eigenvalue weighted by molar-refractivity contribution is -0.210. The van der Waals surface area contributed by atoms with Crippen LogP contribution in [0.25, 0.3) is 11.0 Å². The fourth-order valence-electron chi connectivity index (χ4n) is 6.59. The van der Waals surface area contributed by atoms with E-state index in [-0.39, 0.29) is 34.7 Å². The maximum absolute atomic E-state index is 11.7. The van der Waals surface area contributed by atoms with Gasteiger partial charge in [0, 0.05) is 35.8 Å². The summed E-state index contributed by atoms with van der Waals surface area (Å²) in [6.07, 6.45) is 3.06. The second-order valence-corrected chi connectivity index (χ2v) is 10.7. The van der Waals surface area contributed by atoms with Crippen LogP contribution >= 0.6 is 0 Å². The molecule has 32 heavy (non-hydrogen) atoms. The van der Waals surface area contributed by atoms with E-state index in [2.05, 4.69) is 20.8 Å². The molecule has 4 rings (SSSR count). The van der Waals surface area contributed by atoms with Gasteiger partial charge < -0.3 is 19.0 Å². The van der Waals surface area contributed by atoms with Crippen LogP contribution in [-0.2, 0) is 9.53 Å². The number of aliphatic hydroxyl groups is 1. The topological polar surface area (TPSA) is 86.0 Å². The third kappa shape index (κ3) is 3.94. The minimum absolute atomic E-state index is 0.0928. The Morgan fingerprint density at radius 3 is 2.56 bits per heavy atom. The van der Waals surface area contributed by atoms with Crippen LogP contribution in [0.4, 0.5) is 0 Å². The van der Waals surface area contributed by atoms with Gasteiger partial charge in [-0.25, -0.2) is 4.79 Å². The Bertz CT molecular complexity index is 1070. The molecule has 2 aromatic rings. The van der Waals surface area contributed by atoms with Crippen molar-refractivity contribution in [1.82, 2.24) is 0 Å². The molecule has 5 atom stereocenters. The molecule has 2 fully saturated rings. The van der Waals surface area contributed by atoms with Crippen molar-refractivity contribution in [1.29, 1.82) is 0 Å². The van der Waals surface area contributed by atoms with Crippen molar-refractivity contribution in [2.24, 2.45) is 22.7 Å². The Morgan fingerprint density at radius 2 is 1.84 bits per heavy atom. The first-order chi connectivity index (χ1) is 14.9. The minimum atomic E-state index is -0.862. The van der Waals surface area contributed by atoms with Crippen molar-refractivity contribution in [2.75, 3.05) is 6.61 Å². The lowest BCUT2D eigenvalue weighted by Gasteiger charge is -2.62. The summed E-state index contributed by atoms with van der Waals surface area (Å²) in [5.74, 6) is 0.569. The molecule has 0 unspecified atom stereocenters. The molecule has 0 bridgehead atoms. The van der Waals surface area contributed by atoms with Crippen molar-refractivity contribution >= 4 is 16.9 Å². The number of benzene rings is 1. The van der Waals surface area contributed by atoms with Gasteiger partial charge in [0.2, 0.25) is 0 Å². The molecule has 1 aromatic heterocycles. The first-order valence-corrected chi connectivity index (χ1v) is 11.5. The van der Waals surface area contributed by atoms with E-state index in [1.807, 2.05) is 19.1 Å². The van der Waals surface area contributed by atoms with Gasteiger partial charge in [0.1, 0.15) is 17.4 Å². The van der Waals surface area contributed by atoms with E-state index in [0.717, 1.165) is 24.6 Å². The van der Waals surface area contributed by atoms with Crippen LogP contribution in [0.3, 0.4) is 0 Å². The van der Waals surface area contributed by atoms with Crippen molar-refractivity contribution in [3.63, 3.8) is 0 Å². The molecule has 0 amide bonds. The third-order valence-electron chi connectivity index (χ3n) is 8.27. The Balaban J connectivity index is 1.59. The molecule has 0 radical (unpaired) electrons. The van der Waals surface area contributed by atoms with Gasteiger partial charge in [0.25, 0.3) is 0 Å². The number of hydrogen-bond donors (Lipinski definition) is 1. The molecule has 1 heterocycles.